The summed E-state index contributed by atoms with van der Waals surface area (Å²) in [5, 5.41) is 28.7. The third-order valence-electron chi connectivity index (χ3n) is 15.9. The van der Waals surface area contributed by atoms with Crippen molar-refractivity contribution in [3.63, 3.8) is 0 Å². The van der Waals surface area contributed by atoms with Crippen LogP contribution < -0.4 is 5.32 Å². The highest BCUT2D eigenvalue weighted by atomic mass is 15.4. The van der Waals surface area contributed by atoms with Crippen molar-refractivity contribution in [3.05, 3.63) is 35.7 Å². The molecule has 3 aromatic heterocycles. The number of piperidine rings is 1. The van der Waals surface area contributed by atoms with Crippen LogP contribution in [0.4, 0.5) is 0 Å². The highest BCUT2D eigenvalue weighted by Crippen LogP contribution is 2.24. The van der Waals surface area contributed by atoms with Crippen LogP contribution in [0.5, 0.6) is 0 Å². The standard InChI is InChI=1S/C17H29N5.C14H26N4.C14H27N3.C12H22.C11H20.C10H18.C9H16.C8H14.C7H12/c1-16(2,3)6-7-17(4,5)14-22-13-15(19-20-22)12-21-10-8-18-9-11-21;1-14(2,3)11-13-12-18(16-15-13)10-9-17-7-5-4-6-8-17;1-5-9-13-12-17(16-15-13)11-8-6-7-10-14(2,3)4;1-5-6-7-8-9-10-11-12(2,3)4;1-5-6-7-8-9-10-11(2,3)4;1-5-6-7-8-9-10(2,3)4;1-5-6-7-8-9(2,3)4;1-5-6-7-8(2,3)4;1-5-6-7(2,3)4/h13,18H,8-12,14H2,1-5H3;12H,4-11H2,1-3H3;12H,5-11H2,1-4H3;5-9H2,1-4H3;5-8H2,1-4H3;5-7H2,1-4H3;5-6H2,1-4H3;5H2,1-4H3;1-4H3. The first-order valence-electron chi connectivity index (χ1n) is 44.9. The van der Waals surface area contributed by atoms with Crippen LogP contribution in [0, 0.1) is 137 Å². The van der Waals surface area contributed by atoms with E-state index in [1.54, 1.807) is 0 Å². The van der Waals surface area contributed by atoms with Gasteiger partial charge in [0.1, 0.15) is 0 Å². The molecular formula is C102H184N12. The fraction of sp³-hybridized carbons (Fsp3) is 0.804. The van der Waals surface area contributed by atoms with Crippen LogP contribution in [0.15, 0.2) is 18.6 Å². The van der Waals surface area contributed by atoms with Crippen LogP contribution in [0.1, 0.15) is 414 Å². The van der Waals surface area contributed by atoms with E-state index in [2.05, 4.69) is 390 Å². The molecule has 2 aliphatic heterocycles. The molecule has 0 radical (unpaired) electrons. The average Bonchev–Trinajstić information content (AvgIpc) is 1.38. The minimum Gasteiger partial charge on any atom is -0.314 e. The summed E-state index contributed by atoms with van der Waals surface area (Å²) in [4.78, 5) is 4.95. The number of hydrogen-bond acceptors (Lipinski definition) is 9. The second-order valence-corrected chi connectivity index (χ2v) is 41.4. The van der Waals surface area contributed by atoms with Gasteiger partial charge in [-0.05, 0) is 254 Å². The fourth-order valence-corrected chi connectivity index (χ4v) is 10.3. The number of hydrogen-bond donors (Lipinski definition) is 1. The van der Waals surface area contributed by atoms with Gasteiger partial charge < -0.3 is 10.2 Å². The molecule has 0 bridgehead atoms. The largest absolute Gasteiger partial charge is 0.314 e. The Labute approximate surface area is 710 Å². The fourth-order valence-electron chi connectivity index (χ4n) is 10.3. The van der Waals surface area contributed by atoms with Gasteiger partial charge in [-0.3, -0.25) is 18.9 Å². The van der Waals surface area contributed by atoms with Crippen LogP contribution in [0.25, 0.3) is 0 Å². The first-order valence-corrected chi connectivity index (χ1v) is 44.9. The lowest BCUT2D eigenvalue weighted by molar-refractivity contribution is 0.217. The van der Waals surface area contributed by atoms with Gasteiger partial charge in [0.15, 0.2) is 0 Å². The lowest BCUT2D eigenvalue weighted by Crippen LogP contribution is -2.42. The van der Waals surface area contributed by atoms with Gasteiger partial charge in [0.2, 0.25) is 0 Å². The predicted molar refractivity (Wildman–Crippen MR) is 501 cm³/mol. The summed E-state index contributed by atoms with van der Waals surface area (Å²) in [7, 11) is 0. The van der Waals surface area contributed by atoms with Crippen molar-refractivity contribution in [3.8, 4) is 82.9 Å². The van der Waals surface area contributed by atoms with Crippen molar-refractivity contribution in [2.45, 2.75) is 436 Å². The Morgan fingerprint density at radius 2 is 0.754 bits per heavy atom. The number of unbranched alkanes of at least 4 members (excludes halogenated alkanes) is 12. The molecule has 3 aromatic rings. The molecule has 0 saturated carbocycles. The van der Waals surface area contributed by atoms with Gasteiger partial charge in [-0.2, -0.15) is 0 Å². The monoisotopic (exact) mass is 1580 g/mol. The molecule has 0 aliphatic carbocycles. The zero-order valence-corrected chi connectivity index (χ0v) is 82.1. The van der Waals surface area contributed by atoms with Gasteiger partial charge in [-0.1, -0.05) is 210 Å². The third kappa shape index (κ3) is 90.1. The van der Waals surface area contributed by atoms with Crippen molar-refractivity contribution < 1.29 is 0 Å². The van der Waals surface area contributed by atoms with E-state index < -0.39 is 0 Å². The lowest BCUT2D eigenvalue weighted by Gasteiger charge is -2.26. The summed E-state index contributed by atoms with van der Waals surface area (Å²) in [6.45, 7) is 89.2. The lowest BCUT2D eigenvalue weighted by atomic mass is 9.89. The number of rotatable bonds is 25. The minimum atomic E-state index is -0.104. The minimum absolute atomic E-state index is 0.0348. The molecule has 0 amide bonds. The van der Waals surface area contributed by atoms with Crippen LogP contribution in [-0.4, -0.2) is 101 Å². The summed E-state index contributed by atoms with van der Waals surface area (Å²) >= 11 is 0. The smallest absolute Gasteiger partial charge is 0.0967 e. The maximum absolute atomic E-state index is 4.31. The van der Waals surface area contributed by atoms with E-state index in [0.717, 1.165) is 127 Å². The topological polar surface area (TPSA) is 111 Å². The molecule has 1 N–H and O–H groups in total. The predicted octanol–water partition coefficient (Wildman–Crippen LogP) is 26.1. The Bertz CT molecular complexity index is 3300. The highest BCUT2D eigenvalue weighted by Gasteiger charge is 2.20. The van der Waals surface area contributed by atoms with E-state index in [0.29, 0.717) is 5.41 Å². The molecule has 0 aromatic carbocycles. The number of nitrogens with one attached hydrogen (secondary N) is 1. The SMILES string of the molecule is CC#CC(C)(C)C.CC(C)(C)C#CC(C)(C)Cn1cc(CN2CCNCC2)nn1.CC(C)(C)Cc1cn(CCN2CCCCC2)nn1.CCC#CC(C)(C)C.CCCC#CC(C)(C)C.CCCCC#CC(C)(C)C.CCCCCC#CC(C)(C)C.CCCCCCC#CC(C)(C)C.CCCc1cn(CCCCCC(C)(C)C)nn1. The van der Waals surface area contributed by atoms with Crippen molar-refractivity contribution in [2.24, 2.45) is 54.1 Å². The van der Waals surface area contributed by atoms with Gasteiger partial charge in [0, 0.05) is 140 Å². The summed E-state index contributed by atoms with van der Waals surface area (Å²) in [6.07, 6.45) is 36.7. The first-order chi connectivity index (χ1) is 52.6. The Balaban J connectivity index is -0.000000612. The highest BCUT2D eigenvalue weighted by molar-refractivity contribution is 5.15. The number of piperazine rings is 1. The number of nitrogens with zero attached hydrogens (tertiary/aromatic N) is 11. The summed E-state index contributed by atoms with van der Waals surface area (Å²) in [6, 6.07) is 0. The van der Waals surface area contributed by atoms with E-state index in [1.807, 2.05) is 21.0 Å². The van der Waals surface area contributed by atoms with Crippen molar-refractivity contribution in [1.29, 1.82) is 0 Å². The summed E-state index contributed by atoms with van der Waals surface area (Å²) in [5.41, 5.74) is 5.10. The molecule has 2 saturated heterocycles. The molecule has 114 heavy (non-hydrogen) atoms. The molecular weight excluding hydrogens is 1390 g/mol. The molecule has 0 unspecified atom stereocenters. The Kier molecular flexibility index (Phi) is 63.6. The third-order valence-corrected chi connectivity index (χ3v) is 15.9. The second-order valence-electron chi connectivity index (χ2n) is 41.4. The van der Waals surface area contributed by atoms with Gasteiger partial charge in [-0.15, -0.1) is 50.8 Å². The van der Waals surface area contributed by atoms with Crippen LogP contribution in [0.3, 0.4) is 0 Å². The summed E-state index contributed by atoms with van der Waals surface area (Å²) < 4.78 is 5.91. The molecule has 0 spiro atoms. The zero-order valence-electron chi connectivity index (χ0n) is 82.1. The van der Waals surface area contributed by atoms with Crippen molar-refractivity contribution in [1.82, 2.24) is 60.1 Å². The van der Waals surface area contributed by atoms with Crippen molar-refractivity contribution in [2.75, 3.05) is 45.8 Å². The van der Waals surface area contributed by atoms with E-state index >= 15 is 0 Å². The number of aromatic nitrogens is 9. The summed E-state index contributed by atoms with van der Waals surface area (Å²) in [5.74, 6) is 44.4. The molecule has 12 heteroatoms. The van der Waals surface area contributed by atoms with Crippen molar-refractivity contribution >= 4 is 0 Å². The molecule has 2 aliphatic rings. The maximum Gasteiger partial charge on any atom is 0.0967 e. The van der Waals surface area contributed by atoms with Crippen LogP contribution >= 0.6 is 0 Å². The molecule has 2 fully saturated rings. The number of likely N-dealkylation sites (tertiary alicyclic amines) is 1. The van der Waals surface area contributed by atoms with Gasteiger partial charge in [0.05, 0.1) is 30.2 Å². The maximum atomic E-state index is 4.31. The first kappa shape index (κ1) is 115. The normalized spacial score (nSPS) is 13.1. The second kappa shape index (κ2) is 63.3. The van der Waals surface area contributed by atoms with E-state index in [4.69, 9.17) is 0 Å². The molecule has 652 valence electrons. The average molecular weight is 1580 g/mol. The zero-order chi connectivity index (χ0) is 88.0. The Hall–Kier alpha value is -5.78. The molecule has 0 atom stereocenters. The Morgan fingerprint density at radius 3 is 1.18 bits per heavy atom. The van der Waals surface area contributed by atoms with Gasteiger partial charge in [0.25, 0.3) is 0 Å². The van der Waals surface area contributed by atoms with E-state index in [9.17, 15) is 0 Å². The molecule has 12 nitrogen and oxygen atoms in total. The number of aryl methyl sites for hydroxylation is 2. The van der Waals surface area contributed by atoms with E-state index in [-0.39, 0.29) is 48.7 Å². The molecule has 5 heterocycles. The van der Waals surface area contributed by atoms with Gasteiger partial charge in [-0.25, -0.2) is 0 Å². The quantitative estimate of drug-likeness (QED) is 0.0655. The van der Waals surface area contributed by atoms with Crippen LogP contribution in [-0.2, 0) is 39.0 Å². The van der Waals surface area contributed by atoms with Crippen LogP contribution in [0.2, 0.25) is 0 Å². The van der Waals surface area contributed by atoms with E-state index in [1.165, 1.54) is 122 Å². The molecule has 5 rings (SSSR count). The van der Waals surface area contributed by atoms with Gasteiger partial charge >= 0.3 is 0 Å². The Morgan fingerprint density at radius 1 is 0.342 bits per heavy atom.